The van der Waals surface area contributed by atoms with Crippen LogP contribution in [-0.2, 0) is 4.74 Å². The summed E-state index contributed by atoms with van der Waals surface area (Å²) in [6.07, 6.45) is -2.71. The average molecular weight is 242 g/mol. The minimum Gasteiger partial charge on any atom is -0.394 e. The van der Waals surface area contributed by atoms with Gasteiger partial charge in [0, 0.05) is 6.20 Å². The van der Waals surface area contributed by atoms with Crippen LogP contribution in [0.3, 0.4) is 0 Å². The van der Waals surface area contributed by atoms with Gasteiger partial charge in [0.1, 0.15) is 30.1 Å². The van der Waals surface area contributed by atoms with Gasteiger partial charge in [-0.25, -0.2) is 4.98 Å². The largest absolute Gasteiger partial charge is 0.394 e. The lowest BCUT2D eigenvalue weighted by Crippen LogP contribution is -2.32. The van der Waals surface area contributed by atoms with E-state index in [4.69, 9.17) is 9.84 Å². The Morgan fingerprint density at radius 3 is 2.71 bits per heavy atom. The number of ether oxygens (including phenoxy) is 1. The number of aromatic amines is 1. The molecule has 94 valence electrons. The Balaban J connectivity index is 2.28. The van der Waals surface area contributed by atoms with E-state index in [2.05, 4.69) is 9.97 Å². The second-order valence-corrected chi connectivity index (χ2v) is 4.00. The Bertz CT molecular complexity index is 460. The first-order valence-electron chi connectivity index (χ1n) is 5.23. The maximum atomic E-state index is 11.1. The third kappa shape index (κ3) is 2.09. The number of aryl methyl sites for hydroxylation is 1. The zero-order valence-electron chi connectivity index (χ0n) is 9.20. The normalized spacial score (nSPS) is 32.9. The molecule has 0 aliphatic carbocycles. The van der Waals surface area contributed by atoms with Gasteiger partial charge in [-0.1, -0.05) is 0 Å². The summed E-state index contributed by atoms with van der Waals surface area (Å²) in [6, 6.07) is 0. The first kappa shape index (κ1) is 12.2. The monoisotopic (exact) mass is 242 g/mol. The molecule has 1 aromatic rings. The highest BCUT2D eigenvalue weighted by Crippen LogP contribution is 2.31. The maximum absolute atomic E-state index is 11.1. The highest BCUT2D eigenvalue weighted by atomic mass is 16.6. The lowest BCUT2D eigenvalue weighted by molar-refractivity contribution is -0.0241. The van der Waals surface area contributed by atoms with Crippen molar-refractivity contribution in [1.82, 2.24) is 9.97 Å². The van der Waals surface area contributed by atoms with Crippen LogP contribution in [0.4, 0.5) is 0 Å². The Labute approximate surface area is 96.7 Å². The molecule has 7 nitrogen and oxygen atoms in total. The van der Waals surface area contributed by atoms with Gasteiger partial charge >= 0.3 is 0 Å². The summed E-state index contributed by atoms with van der Waals surface area (Å²) in [5.41, 5.74) is 0.255. The molecule has 1 fully saturated rings. The van der Waals surface area contributed by atoms with Crippen molar-refractivity contribution in [3.8, 4) is 0 Å². The van der Waals surface area contributed by atoms with Crippen molar-refractivity contribution < 1.29 is 20.1 Å². The SMILES string of the molecule is Cc1nc([C@@H]2O[C@H](CO)C(O)[C@@H]2O)c[nH]c1=O. The van der Waals surface area contributed by atoms with Gasteiger partial charge in [-0.3, -0.25) is 4.79 Å². The van der Waals surface area contributed by atoms with Crippen molar-refractivity contribution >= 4 is 0 Å². The van der Waals surface area contributed by atoms with Crippen LogP contribution in [0.5, 0.6) is 0 Å². The average Bonchev–Trinajstić information content (AvgIpc) is 2.60. The number of rotatable bonds is 2. The molecule has 0 bridgehead atoms. The summed E-state index contributed by atoms with van der Waals surface area (Å²) in [6.45, 7) is 1.14. The van der Waals surface area contributed by atoms with E-state index in [1.807, 2.05) is 0 Å². The van der Waals surface area contributed by atoms with Crippen molar-refractivity contribution in [2.45, 2.75) is 31.3 Å². The molecule has 17 heavy (non-hydrogen) atoms. The van der Waals surface area contributed by atoms with Gasteiger partial charge in [-0.2, -0.15) is 0 Å². The third-order valence-corrected chi connectivity index (χ3v) is 2.81. The zero-order chi connectivity index (χ0) is 12.6. The molecule has 4 N–H and O–H groups in total. The molecule has 0 saturated carbocycles. The fourth-order valence-corrected chi connectivity index (χ4v) is 1.81. The van der Waals surface area contributed by atoms with E-state index in [-0.39, 0.29) is 11.3 Å². The van der Waals surface area contributed by atoms with E-state index in [0.29, 0.717) is 5.69 Å². The highest BCUT2D eigenvalue weighted by molar-refractivity contribution is 5.10. The quantitative estimate of drug-likeness (QED) is 0.488. The first-order chi connectivity index (χ1) is 8.04. The van der Waals surface area contributed by atoms with Gasteiger partial charge in [0.2, 0.25) is 0 Å². The molecule has 1 aliphatic heterocycles. The molecule has 0 spiro atoms. The summed E-state index contributed by atoms with van der Waals surface area (Å²) >= 11 is 0. The molecule has 1 saturated heterocycles. The maximum Gasteiger partial charge on any atom is 0.269 e. The summed E-state index contributed by atoms with van der Waals surface area (Å²) in [5.74, 6) is 0. The van der Waals surface area contributed by atoms with Crippen LogP contribution < -0.4 is 5.56 Å². The second kappa shape index (κ2) is 4.53. The number of hydrogen-bond acceptors (Lipinski definition) is 6. The summed E-state index contributed by atoms with van der Waals surface area (Å²) in [4.78, 5) is 17.6. The molecule has 1 aromatic heterocycles. The second-order valence-electron chi connectivity index (χ2n) is 4.00. The summed E-state index contributed by atoms with van der Waals surface area (Å²) in [7, 11) is 0. The van der Waals surface area contributed by atoms with Crippen molar-refractivity contribution in [3.63, 3.8) is 0 Å². The smallest absolute Gasteiger partial charge is 0.269 e. The highest BCUT2D eigenvalue weighted by Gasteiger charge is 2.43. The molecular weight excluding hydrogens is 228 g/mol. The predicted molar refractivity (Wildman–Crippen MR) is 56.3 cm³/mol. The van der Waals surface area contributed by atoms with Crippen molar-refractivity contribution in [2.75, 3.05) is 6.61 Å². The Kier molecular flexibility index (Phi) is 3.25. The van der Waals surface area contributed by atoms with Crippen LogP contribution in [0.2, 0.25) is 0 Å². The van der Waals surface area contributed by atoms with Crippen molar-refractivity contribution in [2.24, 2.45) is 0 Å². The number of H-pyrrole nitrogens is 1. The van der Waals surface area contributed by atoms with Gasteiger partial charge in [-0.05, 0) is 6.92 Å². The van der Waals surface area contributed by atoms with Gasteiger partial charge in [0.25, 0.3) is 5.56 Å². The number of nitrogens with one attached hydrogen (secondary N) is 1. The van der Waals surface area contributed by atoms with Crippen LogP contribution >= 0.6 is 0 Å². The molecule has 4 atom stereocenters. The van der Waals surface area contributed by atoms with Gasteiger partial charge in [-0.15, -0.1) is 0 Å². The Morgan fingerprint density at radius 2 is 2.18 bits per heavy atom. The minimum atomic E-state index is -1.18. The van der Waals surface area contributed by atoms with Crippen molar-refractivity contribution in [3.05, 3.63) is 27.9 Å². The number of hydrogen-bond donors (Lipinski definition) is 4. The van der Waals surface area contributed by atoms with Crippen LogP contribution in [0, 0.1) is 6.92 Å². The lowest BCUT2D eigenvalue weighted by atomic mass is 10.1. The van der Waals surface area contributed by atoms with Crippen LogP contribution in [0.1, 0.15) is 17.5 Å². The zero-order valence-corrected chi connectivity index (χ0v) is 9.20. The van der Waals surface area contributed by atoms with E-state index in [1.165, 1.54) is 13.1 Å². The van der Waals surface area contributed by atoms with E-state index in [1.54, 1.807) is 0 Å². The van der Waals surface area contributed by atoms with E-state index in [0.717, 1.165) is 0 Å². The Morgan fingerprint density at radius 1 is 1.47 bits per heavy atom. The van der Waals surface area contributed by atoms with Gasteiger partial charge in [0.15, 0.2) is 0 Å². The van der Waals surface area contributed by atoms with Gasteiger partial charge in [0.05, 0.1) is 12.3 Å². The summed E-state index contributed by atoms with van der Waals surface area (Å²) in [5, 5.41) is 28.3. The molecule has 2 rings (SSSR count). The van der Waals surface area contributed by atoms with E-state index >= 15 is 0 Å². The number of nitrogens with zero attached hydrogens (tertiary/aromatic N) is 1. The summed E-state index contributed by atoms with van der Waals surface area (Å²) < 4.78 is 5.28. The standard InChI is InChI=1S/C10H14N2O5/c1-4-10(16)11-2-5(12-4)9-8(15)7(14)6(3-13)17-9/h2,6-9,13-15H,3H2,1H3,(H,11,16)/t6-,7?,8+,9+/m1/s1. The van der Waals surface area contributed by atoms with E-state index in [9.17, 15) is 15.0 Å². The number of aliphatic hydroxyl groups excluding tert-OH is 3. The van der Waals surface area contributed by atoms with Crippen LogP contribution in [0.15, 0.2) is 11.0 Å². The topological polar surface area (TPSA) is 116 Å². The molecule has 0 amide bonds. The molecule has 1 unspecified atom stereocenters. The fraction of sp³-hybridized carbons (Fsp3) is 0.600. The molecule has 0 radical (unpaired) electrons. The number of aliphatic hydroxyl groups is 3. The van der Waals surface area contributed by atoms with E-state index < -0.39 is 31.0 Å². The predicted octanol–water partition coefficient (Wildman–Crippen LogP) is -1.77. The van der Waals surface area contributed by atoms with Crippen molar-refractivity contribution in [1.29, 1.82) is 0 Å². The molecule has 1 aliphatic rings. The van der Waals surface area contributed by atoms with Crippen LogP contribution in [-0.4, -0.2) is 50.2 Å². The van der Waals surface area contributed by atoms with Crippen LogP contribution in [0.25, 0.3) is 0 Å². The molecule has 2 heterocycles. The molecule has 7 heteroatoms. The molecule has 0 aromatic carbocycles. The first-order valence-corrected chi connectivity index (χ1v) is 5.23. The number of aromatic nitrogens is 2. The third-order valence-electron chi connectivity index (χ3n) is 2.81. The van der Waals surface area contributed by atoms with Gasteiger partial charge < -0.3 is 25.0 Å². The molecular formula is C10H14N2O5. The minimum absolute atomic E-state index is 0.250. The Hall–Kier alpha value is -1.28. The lowest BCUT2D eigenvalue weighted by Gasteiger charge is -2.13. The fourth-order valence-electron chi connectivity index (χ4n) is 1.81.